The average molecular weight is 479 g/mol. The topological polar surface area (TPSA) is 47.9 Å². The summed E-state index contributed by atoms with van der Waals surface area (Å²) in [6, 6.07) is 29.0. The molecule has 0 aliphatic heterocycles. The van der Waals surface area contributed by atoms with E-state index in [9.17, 15) is 5.11 Å². The SMILES string of the molecule is COc1ccc(CO[C@@](C)(CO)CCO[Si](c2ccccc2)(c2ccccc2)C(C)(C)C)cc1. The van der Waals surface area contributed by atoms with Crippen molar-refractivity contribution in [1.82, 2.24) is 0 Å². The van der Waals surface area contributed by atoms with Crippen LogP contribution in [0.4, 0.5) is 0 Å². The molecule has 0 radical (unpaired) electrons. The average Bonchev–Trinajstić information content (AvgIpc) is 2.86. The fourth-order valence-corrected chi connectivity index (χ4v) is 8.92. The molecule has 0 saturated heterocycles. The van der Waals surface area contributed by atoms with Crippen molar-refractivity contribution in [1.29, 1.82) is 0 Å². The maximum atomic E-state index is 10.2. The van der Waals surface area contributed by atoms with E-state index in [1.807, 2.05) is 43.3 Å². The number of hydrogen-bond acceptors (Lipinski definition) is 4. The number of ether oxygens (including phenoxy) is 2. The number of methoxy groups -OCH3 is 1. The van der Waals surface area contributed by atoms with Crippen molar-refractivity contribution in [2.75, 3.05) is 20.3 Å². The molecule has 3 aromatic rings. The molecule has 34 heavy (non-hydrogen) atoms. The standard InChI is InChI=1S/C29H38O4Si/c1-28(2,3)34(26-12-8-6-9-13-26,27-14-10-7-11-15-27)33-21-20-29(4,23-30)32-22-24-16-18-25(31-5)19-17-24/h6-19,30H,20-23H2,1-5H3/t29-/m1/s1. The Labute approximate surface area is 205 Å². The third-order valence-electron chi connectivity index (χ3n) is 6.45. The van der Waals surface area contributed by atoms with E-state index in [1.54, 1.807) is 7.11 Å². The summed E-state index contributed by atoms with van der Waals surface area (Å²) in [5.41, 5.74) is 0.332. The zero-order valence-corrected chi connectivity index (χ0v) is 22.1. The van der Waals surface area contributed by atoms with Crippen molar-refractivity contribution < 1.29 is 19.0 Å². The van der Waals surface area contributed by atoms with Crippen LogP contribution in [0.3, 0.4) is 0 Å². The van der Waals surface area contributed by atoms with E-state index < -0.39 is 13.9 Å². The number of hydrogen-bond donors (Lipinski definition) is 1. The highest BCUT2D eigenvalue weighted by molar-refractivity contribution is 6.99. The number of rotatable bonds is 11. The first-order valence-corrected chi connectivity index (χ1v) is 13.8. The fraction of sp³-hybridized carbons (Fsp3) is 0.379. The molecule has 182 valence electrons. The molecule has 0 aliphatic rings. The first-order chi connectivity index (χ1) is 16.2. The second-order valence-corrected chi connectivity index (χ2v) is 14.3. The van der Waals surface area contributed by atoms with Crippen LogP contribution in [0.1, 0.15) is 39.7 Å². The number of aliphatic hydroxyl groups excluding tert-OH is 1. The molecule has 0 aromatic heterocycles. The molecule has 5 heteroatoms. The van der Waals surface area contributed by atoms with Crippen molar-refractivity contribution in [3.8, 4) is 5.75 Å². The lowest BCUT2D eigenvalue weighted by Gasteiger charge is -2.43. The monoisotopic (exact) mass is 478 g/mol. The van der Waals surface area contributed by atoms with Crippen LogP contribution in [0.25, 0.3) is 0 Å². The van der Waals surface area contributed by atoms with Crippen LogP contribution in [0.15, 0.2) is 84.9 Å². The first-order valence-electron chi connectivity index (χ1n) is 11.9. The first kappa shape index (κ1) is 26.2. The van der Waals surface area contributed by atoms with E-state index in [-0.39, 0.29) is 11.6 Å². The third-order valence-corrected chi connectivity index (χ3v) is 11.5. The van der Waals surface area contributed by atoms with Gasteiger partial charge in [0, 0.05) is 13.0 Å². The zero-order chi connectivity index (χ0) is 24.7. The lowest BCUT2D eigenvalue weighted by atomic mass is 10.0. The van der Waals surface area contributed by atoms with Gasteiger partial charge < -0.3 is 19.0 Å². The highest BCUT2D eigenvalue weighted by Crippen LogP contribution is 2.37. The normalized spacial score (nSPS) is 13.9. The Bertz CT molecular complexity index is 960. The summed E-state index contributed by atoms with van der Waals surface area (Å²) in [6.45, 7) is 9.59. The molecule has 0 bridgehead atoms. The summed E-state index contributed by atoms with van der Waals surface area (Å²) >= 11 is 0. The Hall–Kier alpha value is -2.44. The van der Waals surface area contributed by atoms with Crippen LogP contribution >= 0.6 is 0 Å². The van der Waals surface area contributed by atoms with Crippen molar-refractivity contribution >= 4 is 18.7 Å². The minimum atomic E-state index is -2.61. The lowest BCUT2D eigenvalue weighted by Crippen LogP contribution is -2.66. The highest BCUT2D eigenvalue weighted by Gasteiger charge is 2.50. The molecule has 0 aliphatic carbocycles. The lowest BCUT2D eigenvalue weighted by molar-refractivity contribution is -0.0870. The molecule has 0 spiro atoms. The van der Waals surface area contributed by atoms with E-state index in [2.05, 4.69) is 69.3 Å². The van der Waals surface area contributed by atoms with E-state index in [0.29, 0.717) is 19.6 Å². The maximum Gasteiger partial charge on any atom is 0.261 e. The van der Waals surface area contributed by atoms with Crippen molar-refractivity contribution in [2.24, 2.45) is 0 Å². The smallest absolute Gasteiger partial charge is 0.261 e. The van der Waals surface area contributed by atoms with Gasteiger partial charge in [-0.15, -0.1) is 0 Å². The van der Waals surface area contributed by atoms with Gasteiger partial charge in [-0.25, -0.2) is 0 Å². The molecule has 0 unspecified atom stereocenters. The van der Waals surface area contributed by atoms with Crippen LogP contribution in [0, 0.1) is 0 Å². The van der Waals surface area contributed by atoms with E-state index in [0.717, 1.165) is 11.3 Å². The van der Waals surface area contributed by atoms with Gasteiger partial charge in [-0.1, -0.05) is 93.6 Å². The predicted molar refractivity (Wildman–Crippen MR) is 141 cm³/mol. The Morgan fingerprint density at radius 3 is 1.74 bits per heavy atom. The van der Waals surface area contributed by atoms with Gasteiger partial charge in [-0.3, -0.25) is 0 Å². The van der Waals surface area contributed by atoms with E-state index >= 15 is 0 Å². The summed E-state index contributed by atoms with van der Waals surface area (Å²) in [5.74, 6) is 0.812. The van der Waals surface area contributed by atoms with Crippen LogP contribution in [0.5, 0.6) is 5.75 Å². The molecule has 0 fully saturated rings. The maximum absolute atomic E-state index is 10.2. The van der Waals surface area contributed by atoms with Crippen molar-refractivity contribution in [3.63, 3.8) is 0 Å². The second kappa shape index (κ2) is 11.3. The molecular formula is C29H38O4Si. The zero-order valence-electron chi connectivity index (χ0n) is 21.1. The molecule has 4 nitrogen and oxygen atoms in total. The Morgan fingerprint density at radius 1 is 0.765 bits per heavy atom. The van der Waals surface area contributed by atoms with Crippen LogP contribution in [0.2, 0.25) is 5.04 Å². The summed E-state index contributed by atoms with van der Waals surface area (Å²) in [6.07, 6.45) is 0.587. The van der Waals surface area contributed by atoms with Crippen molar-refractivity contribution in [2.45, 2.75) is 51.4 Å². The molecular weight excluding hydrogens is 440 g/mol. The van der Waals surface area contributed by atoms with Gasteiger partial charge in [0.2, 0.25) is 0 Å². The van der Waals surface area contributed by atoms with Crippen LogP contribution in [-0.2, 0) is 15.8 Å². The largest absolute Gasteiger partial charge is 0.497 e. The Balaban J connectivity index is 1.80. The van der Waals surface area contributed by atoms with Gasteiger partial charge in [0.05, 0.1) is 25.9 Å². The molecule has 1 atom stereocenters. The summed E-state index contributed by atoms with van der Waals surface area (Å²) in [7, 11) is -0.957. The highest BCUT2D eigenvalue weighted by atomic mass is 28.4. The molecule has 1 N–H and O–H groups in total. The minimum absolute atomic E-state index is 0.0761. The van der Waals surface area contributed by atoms with Gasteiger partial charge in [0.15, 0.2) is 0 Å². The summed E-state index contributed by atoms with van der Waals surface area (Å²) in [4.78, 5) is 0. The van der Waals surface area contributed by atoms with E-state index in [4.69, 9.17) is 13.9 Å². The fourth-order valence-electron chi connectivity index (χ4n) is 4.36. The molecule has 0 amide bonds. The number of benzene rings is 3. The van der Waals surface area contributed by atoms with Gasteiger partial charge in [0.1, 0.15) is 5.75 Å². The molecule has 0 saturated carbocycles. The predicted octanol–water partition coefficient (Wildman–Crippen LogP) is 4.93. The van der Waals surface area contributed by atoms with Gasteiger partial charge in [-0.2, -0.15) is 0 Å². The third kappa shape index (κ3) is 5.97. The van der Waals surface area contributed by atoms with Crippen LogP contribution in [-0.4, -0.2) is 39.3 Å². The van der Waals surface area contributed by atoms with Gasteiger partial charge >= 0.3 is 0 Å². The quantitative estimate of drug-likeness (QED) is 0.397. The Morgan fingerprint density at radius 2 is 1.29 bits per heavy atom. The van der Waals surface area contributed by atoms with Gasteiger partial charge in [-0.05, 0) is 40.0 Å². The molecule has 0 heterocycles. The van der Waals surface area contributed by atoms with E-state index in [1.165, 1.54) is 10.4 Å². The summed E-state index contributed by atoms with van der Waals surface area (Å²) < 4.78 is 18.4. The summed E-state index contributed by atoms with van der Waals surface area (Å²) in [5, 5.41) is 12.6. The molecule has 3 rings (SSSR count). The Kier molecular flexibility index (Phi) is 8.71. The van der Waals surface area contributed by atoms with Gasteiger partial charge in [0.25, 0.3) is 8.32 Å². The second-order valence-electron chi connectivity index (χ2n) is 10.0. The number of aliphatic hydroxyl groups is 1. The van der Waals surface area contributed by atoms with Crippen molar-refractivity contribution in [3.05, 3.63) is 90.5 Å². The molecule has 3 aromatic carbocycles. The minimum Gasteiger partial charge on any atom is -0.497 e. The van der Waals surface area contributed by atoms with Crippen LogP contribution < -0.4 is 15.1 Å².